The summed E-state index contributed by atoms with van der Waals surface area (Å²) in [6, 6.07) is 0. The lowest BCUT2D eigenvalue weighted by atomic mass is 10.2. The molecule has 142 valence electrons. The summed E-state index contributed by atoms with van der Waals surface area (Å²) in [5, 5.41) is 0. The topological polar surface area (TPSA) is 268 Å². The van der Waals surface area contributed by atoms with E-state index in [4.69, 9.17) is 57.7 Å². The summed E-state index contributed by atoms with van der Waals surface area (Å²) in [5.74, 6) is 0. The second kappa shape index (κ2) is 17.6. The van der Waals surface area contributed by atoms with Gasteiger partial charge in [0, 0.05) is 0 Å². The van der Waals surface area contributed by atoms with Gasteiger partial charge in [0.2, 0.25) is 0 Å². The molecule has 22 heavy (non-hydrogen) atoms. The quantitative estimate of drug-likeness (QED) is 0.221. The summed E-state index contributed by atoms with van der Waals surface area (Å²) in [7, 11) is -13.9. The van der Waals surface area contributed by atoms with Crippen LogP contribution in [0.5, 0.6) is 0 Å². The third kappa shape index (κ3) is 698. The zero-order valence-electron chi connectivity index (χ0n) is 12.1. The van der Waals surface area contributed by atoms with Crippen LogP contribution in [-0.4, -0.2) is 44.0 Å². The molecule has 16 heteroatoms. The average molecular weight is 397 g/mol. The molecule has 0 aromatic rings. The van der Waals surface area contributed by atoms with Crippen molar-refractivity contribution in [2.24, 2.45) is 0 Å². The summed E-state index contributed by atoms with van der Waals surface area (Å²) in [6.45, 7) is 4.46. The van der Waals surface area contributed by atoms with E-state index in [1.54, 1.807) is 0 Å². The zero-order valence-corrected chi connectivity index (χ0v) is 14.8. The second-order valence-electron chi connectivity index (χ2n) is 3.25. The lowest BCUT2D eigenvalue weighted by Crippen LogP contribution is -1.66. The largest absolute Gasteiger partial charge is 0.466 e. The number of hydrogen-bond donors (Lipinski definition) is 10. The van der Waals surface area contributed by atoms with Gasteiger partial charge in [0.25, 0.3) is 0 Å². The Morgan fingerprint density at radius 2 is 0.636 bits per heavy atom. The molecule has 0 heterocycles. The SMILES string of the molecule is CCCCCC.N.O=P(O)(O)O.O=P(O)(O)O.O=P(O)(O)O. The Bertz CT molecular complexity index is 268. The molecule has 0 spiro atoms. The third-order valence-electron chi connectivity index (χ3n) is 0.957. The molecule has 12 N–H and O–H groups in total. The Balaban J connectivity index is -0.0000000577. The molecule has 0 fully saturated rings. The highest BCUT2D eigenvalue weighted by Gasteiger charge is 2.01. The molecule has 0 aromatic carbocycles. The second-order valence-corrected chi connectivity index (χ2v) is 6.33. The van der Waals surface area contributed by atoms with Crippen molar-refractivity contribution in [1.82, 2.24) is 6.15 Å². The van der Waals surface area contributed by atoms with Crippen LogP contribution in [0.15, 0.2) is 0 Å². The van der Waals surface area contributed by atoms with E-state index in [0.29, 0.717) is 0 Å². The smallest absolute Gasteiger partial charge is 0.344 e. The Morgan fingerprint density at radius 3 is 0.682 bits per heavy atom. The minimum Gasteiger partial charge on any atom is -0.344 e. The molecule has 0 amide bonds. The summed E-state index contributed by atoms with van der Waals surface area (Å²) < 4.78 is 26.6. The highest BCUT2D eigenvalue weighted by atomic mass is 31.2. The van der Waals surface area contributed by atoms with Gasteiger partial charge in [0.1, 0.15) is 0 Å². The van der Waals surface area contributed by atoms with Crippen LogP contribution >= 0.6 is 23.5 Å². The molecule has 0 aliphatic heterocycles. The van der Waals surface area contributed by atoms with Crippen LogP contribution < -0.4 is 6.15 Å². The fraction of sp³-hybridized carbons (Fsp3) is 1.00. The lowest BCUT2D eigenvalue weighted by molar-refractivity contribution is 0.272. The Hall–Kier alpha value is 0.290. The number of hydrogen-bond acceptors (Lipinski definition) is 4. The first-order valence-electron chi connectivity index (χ1n) is 5.26. The fourth-order valence-electron chi connectivity index (χ4n) is 0.500. The van der Waals surface area contributed by atoms with Crippen LogP contribution in [0.4, 0.5) is 0 Å². The van der Waals surface area contributed by atoms with Gasteiger partial charge in [-0.25, -0.2) is 13.7 Å². The van der Waals surface area contributed by atoms with E-state index >= 15 is 0 Å². The summed E-state index contributed by atoms with van der Waals surface area (Å²) in [5.41, 5.74) is 0. The maximum atomic E-state index is 8.88. The molecule has 0 bridgehead atoms. The molecule has 0 atom stereocenters. The van der Waals surface area contributed by atoms with E-state index in [9.17, 15) is 0 Å². The summed E-state index contributed by atoms with van der Waals surface area (Å²) in [4.78, 5) is 64.7. The van der Waals surface area contributed by atoms with E-state index in [-0.39, 0.29) is 6.15 Å². The third-order valence-corrected chi connectivity index (χ3v) is 0.957. The van der Waals surface area contributed by atoms with Crippen LogP contribution in [0.2, 0.25) is 0 Å². The zero-order chi connectivity index (χ0) is 18.3. The van der Waals surface area contributed by atoms with Crippen molar-refractivity contribution in [3.63, 3.8) is 0 Å². The van der Waals surface area contributed by atoms with Crippen molar-refractivity contribution in [2.45, 2.75) is 39.5 Å². The first kappa shape index (κ1) is 33.8. The molecule has 0 aliphatic rings. The van der Waals surface area contributed by atoms with Gasteiger partial charge in [0.05, 0.1) is 0 Å². The van der Waals surface area contributed by atoms with Crippen molar-refractivity contribution in [2.75, 3.05) is 0 Å². The predicted octanol–water partition coefficient (Wildman–Crippen LogP) is -0.0372. The van der Waals surface area contributed by atoms with Crippen molar-refractivity contribution in [3.8, 4) is 0 Å². The summed E-state index contributed by atoms with van der Waals surface area (Å²) >= 11 is 0. The van der Waals surface area contributed by atoms with E-state index in [2.05, 4.69) is 13.8 Å². The Morgan fingerprint density at radius 1 is 0.545 bits per heavy atom. The molecule has 0 unspecified atom stereocenters. The van der Waals surface area contributed by atoms with Crippen molar-refractivity contribution in [1.29, 1.82) is 0 Å². The normalized spacial score (nSPS) is 10.5. The standard InChI is InChI=1S/C6H14.H3N.3H3O4P/c1-3-5-6-4-2;;3*1-5(2,3)4/h3-6H2,1-2H3;1H3;3*(H3,1,2,3,4). The van der Waals surface area contributed by atoms with E-state index in [1.165, 1.54) is 25.7 Å². The molecule has 0 saturated heterocycles. The van der Waals surface area contributed by atoms with Gasteiger partial charge >= 0.3 is 23.5 Å². The van der Waals surface area contributed by atoms with E-state index in [0.717, 1.165) is 0 Å². The van der Waals surface area contributed by atoms with Crippen LogP contribution in [0.1, 0.15) is 39.5 Å². The van der Waals surface area contributed by atoms with Gasteiger partial charge in [-0.05, 0) is 0 Å². The molecule has 13 nitrogen and oxygen atoms in total. The highest BCUT2D eigenvalue weighted by Crippen LogP contribution is 2.26. The van der Waals surface area contributed by atoms with Crippen LogP contribution in [-0.2, 0) is 13.7 Å². The van der Waals surface area contributed by atoms with Gasteiger partial charge in [-0.15, -0.1) is 0 Å². The van der Waals surface area contributed by atoms with Crippen molar-refractivity contribution < 1.29 is 57.7 Å². The molecule has 0 saturated carbocycles. The Kier molecular flexibility index (Phi) is 27.1. The molecule has 0 rings (SSSR count). The van der Waals surface area contributed by atoms with Crippen LogP contribution in [0.3, 0.4) is 0 Å². The number of rotatable bonds is 3. The first-order chi connectivity index (χ1) is 8.91. The van der Waals surface area contributed by atoms with Crippen molar-refractivity contribution in [3.05, 3.63) is 0 Å². The van der Waals surface area contributed by atoms with Gasteiger partial charge < -0.3 is 50.2 Å². The maximum absolute atomic E-state index is 8.88. The number of phosphoric acid groups is 3. The minimum atomic E-state index is -4.64. The van der Waals surface area contributed by atoms with Crippen molar-refractivity contribution >= 4 is 23.5 Å². The summed E-state index contributed by atoms with van der Waals surface area (Å²) in [6.07, 6.45) is 5.54. The van der Waals surface area contributed by atoms with Gasteiger partial charge in [-0.3, -0.25) is 0 Å². The van der Waals surface area contributed by atoms with Crippen LogP contribution in [0, 0.1) is 0 Å². The van der Waals surface area contributed by atoms with Gasteiger partial charge in [0.15, 0.2) is 0 Å². The molecule has 0 aromatic heterocycles. The van der Waals surface area contributed by atoms with Gasteiger partial charge in [-0.1, -0.05) is 39.5 Å². The van der Waals surface area contributed by atoms with E-state index in [1.807, 2.05) is 0 Å². The van der Waals surface area contributed by atoms with Gasteiger partial charge in [-0.2, -0.15) is 0 Å². The molecule has 0 aliphatic carbocycles. The van der Waals surface area contributed by atoms with Crippen LogP contribution in [0.25, 0.3) is 0 Å². The molecule has 0 radical (unpaired) electrons. The average Bonchev–Trinajstić information content (AvgIpc) is 2.06. The minimum absolute atomic E-state index is 0. The van der Waals surface area contributed by atoms with E-state index < -0.39 is 23.5 Å². The Labute approximate surface area is 128 Å². The first-order valence-corrected chi connectivity index (χ1v) is 9.96. The number of unbranched alkanes of at least 4 members (excludes halogenated alkanes) is 3. The fourth-order valence-corrected chi connectivity index (χ4v) is 0.500. The molecular weight excluding hydrogens is 371 g/mol. The predicted molar refractivity (Wildman–Crippen MR) is 77.6 cm³/mol. The maximum Gasteiger partial charge on any atom is 0.466 e. The lowest BCUT2D eigenvalue weighted by Gasteiger charge is -1.86. The highest BCUT2D eigenvalue weighted by molar-refractivity contribution is 7.45. The molecular formula is C6H26NO12P3. The monoisotopic (exact) mass is 397 g/mol.